The van der Waals surface area contributed by atoms with Crippen molar-refractivity contribution in [2.75, 3.05) is 5.32 Å². The fourth-order valence-corrected chi connectivity index (χ4v) is 3.25. The van der Waals surface area contributed by atoms with Crippen LogP contribution in [0.15, 0.2) is 29.3 Å². The molecule has 1 aliphatic heterocycles. The van der Waals surface area contributed by atoms with Gasteiger partial charge >= 0.3 is 0 Å². The van der Waals surface area contributed by atoms with Crippen molar-refractivity contribution >= 4 is 29.1 Å². The van der Waals surface area contributed by atoms with Crippen LogP contribution in [0.4, 0.5) is 5.69 Å². The summed E-state index contributed by atoms with van der Waals surface area (Å²) in [5.41, 5.74) is 2.32. The van der Waals surface area contributed by atoms with Gasteiger partial charge in [-0.05, 0) is 37.5 Å². The van der Waals surface area contributed by atoms with Gasteiger partial charge in [-0.1, -0.05) is 17.2 Å². The van der Waals surface area contributed by atoms with Gasteiger partial charge in [-0.3, -0.25) is 9.59 Å². The second-order valence-corrected chi connectivity index (χ2v) is 6.21. The molecular weight excluding hydrogens is 332 g/mol. The molecule has 0 saturated heterocycles. The van der Waals surface area contributed by atoms with Crippen LogP contribution in [0.5, 0.6) is 5.75 Å². The SMILES string of the molecule is O=C(Nc1ccc(O)c(Cl)c1)c1nc2n(n1)C(=O)C1=C(CCC1)C2. The number of hydrogen-bond donors (Lipinski definition) is 2. The van der Waals surface area contributed by atoms with Crippen LogP contribution in [0.3, 0.4) is 0 Å². The molecule has 1 aliphatic carbocycles. The molecule has 0 saturated carbocycles. The highest BCUT2D eigenvalue weighted by Gasteiger charge is 2.32. The molecule has 24 heavy (non-hydrogen) atoms. The van der Waals surface area contributed by atoms with Crippen LogP contribution in [0.1, 0.15) is 40.5 Å². The van der Waals surface area contributed by atoms with Gasteiger partial charge in [-0.15, -0.1) is 5.10 Å². The van der Waals surface area contributed by atoms with Gasteiger partial charge < -0.3 is 10.4 Å². The maximum absolute atomic E-state index is 12.4. The predicted molar refractivity (Wildman–Crippen MR) is 86.3 cm³/mol. The Morgan fingerprint density at radius 2 is 2.17 bits per heavy atom. The van der Waals surface area contributed by atoms with Gasteiger partial charge in [0.1, 0.15) is 11.6 Å². The summed E-state index contributed by atoms with van der Waals surface area (Å²) in [5, 5.41) is 16.2. The second-order valence-electron chi connectivity index (χ2n) is 5.80. The number of amides is 1. The van der Waals surface area contributed by atoms with E-state index in [2.05, 4.69) is 15.4 Å². The number of hydrogen-bond acceptors (Lipinski definition) is 5. The molecule has 7 nitrogen and oxygen atoms in total. The monoisotopic (exact) mass is 344 g/mol. The lowest BCUT2D eigenvalue weighted by Crippen LogP contribution is -2.23. The Bertz CT molecular complexity index is 916. The zero-order chi connectivity index (χ0) is 16.8. The molecule has 1 amide bonds. The summed E-state index contributed by atoms with van der Waals surface area (Å²) >= 11 is 5.81. The summed E-state index contributed by atoms with van der Waals surface area (Å²) in [6.45, 7) is 0. The van der Waals surface area contributed by atoms with Crippen molar-refractivity contribution in [3.05, 3.63) is 46.0 Å². The van der Waals surface area contributed by atoms with Gasteiger partial charge in [0.05, 0.1) is 5.02 Å². The molecule has 2 aromatic rings. The van der Waals surface area contributed by atoms with Gasteiger partial charge in [0.25, 0.3) is 11.8 Å². The zero-order valence-corrected chi connectivity index (χ0v) is 13.3. The summed E-state index contributed by atoms with van der Waals surface area (Å²) in [6.07, 6.45) is 3.21. The average molecular weight is 345 g/mol. The molecule has 122 valence electrons. The van der Waals surface area contributed by atoms with Crippen molar-refractivity contribution in [2.45, 2.75) is 25.7 Å². The third-order valence-corrected chi connectivity index (χ3v) is 4.54. The van der Waals surface area contributed by atoms with E-state index < -0.39 is 5.91 Å². The number of rotatable bonds is 2. The van der Waals surface area contributed by atoms with Crippen molar-refractivity contribution in [3.8, 4) is 5.75 Å². The molecule has 4 rings (SSSR count). The first-order valence-electron chi connectivity index (χ1n) is 7.54. The average Bonchev–Trinajstić information content (AvgIpc) is 3.18. The van der Waals surface area contributed by atoms with Crippen LogP contribution in [0, 0.1) is 0 Å². The van der Waals surface area contributed by atoms with Crippen LogP contribution in [0.25, 0.3) is 0 Å². The zero-order valence-electron chi connectivity index (χ0n) is 12.5. The van der Waals surface area contributed by atoms with E-state index in [4.69, 9.17) is 11.6 Å². The molecule has 0 radical (unpaired) electrons. The minimum Gasteiger partial charge on any atom is -0.506 e. The first-order chi connectivity index (χ1) is 11.5. The third-order valence-electron chi connectivity index (χ3n) is 4.24. The Labute approximate surface area is 142 Å². The molecule has 0 fully saturated rings. The number of anilines is 1. The quantitative estimate of drug-likeness (QED) is 0.816. The Kier molecular flexibility index (Phi) is 3.38. The first kappa shape index (κ1) is 14.9. The van der Waals surface area contributed by atoms with Crippen molar-refractivity contribution < 1.29 is 14.7 Å². The fraction of sp³-hybridized carbons (Fsp3) is 0.250. The number of aromatic nitrogens is 3. The molecule has 0 bridgehead atoms. The van der Waals surface area contributed by atoms with E-state index in [1.165, 1.54) is 22.9 Å². The molecule has 1 aromatic carbocycles. The number of halogens is 1. The number of benzene rings is 1. The molecule has 0 spiro atoms. The third kappa shape index (κ3) is 2.37. The lowest BCUT2D eigenvalue weighted by atomic mass is 10.0. The van der Waals surface area contributed by atoms with E-state index in [1.54, 1.807) is 0 Å². The highest BCUT2D eigenvalue weighted by molar-refractivity contribution is 6.32. The molecule has 0 atom stereocenters. The van der Waals surface area contributed by atoms with Gasteiger partial charge in [0, 0.05) is 17.7 Å². The Balaban J connectivity index is 1.58. The number of carbonyl (C=O) groups is 2. The van der Waals surface area contributed by atoms with E-state index in [9.17, 15) is 14.7 Å². The highest BCUT2D eigenvalue weighted by atomic mass is 35.5. The summed E-state index contributed by atoms with van der Waals surface area (Å²) in [6, 6.07) is 4.31. The number of aromatic hydroxyl groups is 1. The van der Waals surface area contributed by atoms with Crippen LogP contribution < -0.4 is 5.32 Å². The summed E-state index contributed by atoms with van der Waals surface area (Å²) in [4.78, 5) is 28.9. The summed E-state index contributed by atoms with van der Waals surface area (Å²) < 4.78 is 1.23. The number of phenols is 1. The standard InChI is InChI=1S/C16H13ClN4O3/c17-11-7-9(4-5-12(11)22)18-15(23)14-19-13-6-8-2-1-3-10(8)16(24)21(13)20-14/h4-5,7,22H,1-3,6H2,(H,18,23). The molecule has 8 heteroatoms. The molecule has 2 aliphatic rings. The van der Waals surface area contributed by atoms with E-state index in [-0.39, 0.29) is 22.5 Å². The van der Waals surface area contributed by atoms with Crippen LogP contribution in [-0.4, -0.2) is 31.7 Å². The van der Waals surface area contributed by atoms with Gasteiger partial charge in [-0.2, -0.15) is 4.68 Å². The van der Waals surface area contributed by atoms with E-state index in [1.807, 2.05) is 0 Å². The molecular formula is C16H13ClN4O3. The Morgan fingerprint density at radius 1 is 1.33 bits per heavy atom. The first-order valence-corrected chi connectivity index (χ1v) is 7.92. The highest BCUT2D eigenvalue weighted by Crippen LogP contribution is 2.33. The maximum Gasteiger partial charge on any atom is 0.295 e. The normalized spacial score (nSPS) is 16.1. The van der Waals surface area contributed by atoms with Gasteiger partial charge in [0.2, 0.25) is 5.82 Å². The Hall–Kier alpha value is -2.67. The summed E-state index contributed by atoms with van der Waals surface area (Å²) in [7, 11) is 0. The van der Waals surface area contributed by atoms with Crippen LogP contribution in [0.2, 0.25) is 5.02 Å². The maximum atomic E-state index is 12.4. The van der Waals surface area contributed by atoms with Crippen molar-refractivity contribution in [1.82, 2.24) is 14.8 Å². The van der Waals surface area contributed by atoms with E-state index in [0.29, 0.717) is 17.9 Å². The number of nitrogens with one attached hydrogen (secondary N) is 1. The second kappa shape index (κ2) is 5.45. The van der Waals surface area contributed by atoms with Crippen molar-refractivity contribution in [1.29, 1.82) is 0 Å². The molecule has 2 N–H and O–H groups in total. The number of fused-ring (bicyclic) bond motifs is 1. The van der Waals surface area contributed by atoms with E-state index >= 15 is 0 Å². The van der Waals surface area contributed by atoms with Crippen molar-refractivity contribution in [3.63, 3.8) is 0 Å². The number of allylic oxidation sites excluding steroid dienone is 2. The number of phenolic OH excluding ortho intramolecular Hbond substituents is 1. The number of carbonyl (C=O) groups excluding carboxylic acids is 2. The van der Waals surface area contributed by atoms with Crippen LogP contribution in [-0.2, 0) is 6.42 Å². The van der Waals surface area contributed by atoms with Crippen LogP contribution >= 0.6 is 11.6 Å². The topological polar surface area (TPSA) is 97.1 Å². The largest absolute Gasteiger partial charge is 0.506 e. The molecule has 1 aromatic heterocycles. The summed E-state index contributed by atoms with van der Waals surface area (Å²) in [5.74, 6) is -0.357. The lowest BCUT2D eigenvalue weighted by molar-refractivity contribution is 0.0927. The molecule has 2 heterocycles. The fourth-order valence-electron chi connectivity index (χ4n) is 3.07. The van der Waals surface area contributed by atoms with Gasteiger partial charge in [0.15, 0.2) is 0 Å². The van der Waals surface area contributed by atoms with Gasteiger partial charge in [-0.25, -0.2) is 4.98 Å². The number of nitrogens with zero attached hydrogens (tertiary/aromatic N) is 3. The smallest absolute Gasteiger partial charge is 0.295 e. The minimum atomic E-state index is -0.536. The predicted octanol–water partition coefficient (Wildman–Crippen LogP) is 2.57. The minimum absolute atomic E-state index is 0.0660. The van der Waals surface area contributed by atoms with Crippen molar-refractivity contribution in [2.24, 2.45) is 0 Å². The van der Waals surface area contributed by atoms with E-state index in [0.717, 1.165) is 30.4 Å². The lowest BCUT2D eigenvalue weighted by Gasteiger charge is -2.13. The Morgan fingerprint density at radius 3 is 2.96 bits per heavy atom. The molecule has 0 unspecified atom stereocenters.